The van der Waals surface area contributed by atoms with Crippen molar-refractivity contribution in [3.63, 3.8) is 0 Å². The highest BCUT2D eigenvalue weighted by Gasteiger charge is 2.30. The maximum absolute atomic E-state index is 13.6. The van der Waals surface area contributed by atoms with Crippen molar-refractivity contribution in [2.45, 2.75) is 6.18 Å². The van der Waals surface area contributed by atoms with E-state index in [0.29, 0.717) is 0 Å². The molecule has 0 atom stereocenters. The first-order valence-corrected chi connectivity index (χ1v) is 7.90. The molecule has 0 aliphatic rings. The molecule has 1 heterocycles. The molecule has 144 valence electrons. The molecule has 2 N–H and O–H groups in total. The summed E-state index contributed by atoms with van der Waals surface area (Å²) < 4.78 is 64.9. The number of alkyl halides is 3. The predicted octanol–water partition coefficient (Wildman–Crippen LogP) is 5.37. The lowest BCUT2D eigenvalue weighted by Crippen LogP contribution is -2.13. The second kappa shape index (κ2) is 7.63. The molecule has 0 aliphatic carbocycles. The Kier molecular flexibility index (Phi) is 5.25. The number of hydrogen-bond donors (Lipinski definition) is 2. The number of anilines is 3. The molecule has 1 aromatic heterocycles. The summed E-state index contributed by atoms with van der Waals surface area (Å²) in [4.78, 5) is 16.0. The molecular formula is C19H12F5N3O. The topological polar surface area (TPSA) is 54.0 Å². The zero-order valence-corrected chi connectivity index (χ0v) is 14.0. The van der Waals surface area contributed by atoms with Crippen LogP contribution in [-0.2, 0) is 6.18 Å². The van der Waals surface area contributed by atoms with Gasteiger partial charge in [-0.1, -0.05) is 6.07 Å². The highest BCUT2D eigenvalue weighted by molar-refractivity contribution is 6.04. The summed E-state index contributed by atoms with van der Waals surface area (Å²) in [6, 6.07) is 9.94. The number of rotatable bonds is 4. The van der Waals surface area contributed by atoms with E-state index in [2.05, 4.69) is 15.6 Å². The molecule has 0 fully saturated rings. The zero-order chi connectivity index (χ0) is 20.3. The molecule has 1 amide bonds. The highest BCUT2D eigenvalue weighted by Crippen LogP contribution is 2.29. The molecule has 0 radical (unpaired) electrons. The fraction of sp³-hybridized carbons (Fsp3) is 0.0526. The minimum absolute atomic E-state index is 0.0311. The SMILES string of the molecule is O=C(Nc1ccc(Nc2c(F)cccc2F)nc1)c1ccc(C(F)(F)F)cc1. The number of hydrogen-bond acceptors (Lipinski definition) is 3. The van der Waals surface area contributed by atoms with Crippen LogP contribution >= 0.6 is 0 Å². The molecule has 28 heavy (non-hydrogen) atoms. The van der Waals surface area contributed by atoms with E-state index in [1.54, 1.807) is 0 Å². The van der Waals surface area contributed by atoms with E-state index in [0.717, 1.165) is 36.4 Å². The number of nitrogens with zero attached hydrogens (tertiary/aromatic N) is 1. The number of nitrogens with one attached hydrogen (secondary N) is 2. The lowest BCUT2D eigenvalue weighted by Gasteiger charge is -2.10. The van der Waals surface area contributed by atoms with Crippen LogP contribution in [0.5, 0.6) is 0 Å². The summed E-state index contributed by atoms with van der Waals surface area (Å²) in [6.45, 7) is 0. The number of para-hydroxylation sites is 1. The molecule has 0 bridgehead atoms. The van der Waals surface area contributed by atoms with Crippen molar-refractivity contribution in [1.29, 1.82) is 0 Å². The molecule has 9 heteroatoms. The molecule has 3 rings (SSSR count). The third kappa shape index (κ3) is 4.43. The second-order valence-corrected chi connectivity index (χ2v) is 5.68. The molecule has 4 nitrogen and oxygen atoms in total. The second-order valence-electron chi connectivity index (χ2n) is 5.68. The van der Waals surface area contributed by atoms with Crippen LogP contribution in [0.1, 0.15) is 15.9 Å². The number of halogens is 5. The van der Waals surface area contributed by atoms with Gasteiger partial charge in [0, 0.05) is 5.56 Å². The third-order valence-electron chi connectivity index (χ3n) is 3.71. The first-order chi connectivity index (χ1) is 13.2. The molecule has 0 aliphatic heterocycles. The van der Waals surface area contributed by atoms with Crippen molar-refractivity contribution in [3.8, 4) is 0 Å². The summed E-state index contributed by atoms with van der Waals surface area (Å²) in [6.07, 6.45) is -3.25. The Morgan fingerprint density at radius 3 is 2.07 bits per heavy atom. The van der Waals surface area contributed by atoms with Crippen LogP contribution in [0.15, 0.2) is 60.8 Å². The van der Waals surface area contributed by atoms with E-state index in [9.17, 15) is 26.7 Å². The van der Waals surface area contributed by atoms with E-state index in [1.807, 2.05) is 0 Å². The fourth-order valence-electron chi connectivity index (χ4n) is 2.30. The van der Waals surface area contributed by atoms with Crippen LogP contribution in [0.4, 0.5) is 39.1 Å². The summed E-state index contributed by atoms with van der Waals surface area (Å²) in [7, 11) is 0. The van der Waals surface area contributed by atoms with Gasteiger partial charge in [0.15, 0.2) is 0 Å². The monoisotopic (exact) mass is 393 g/mol. The normalized spacial score (nSPS) is 11.2. The van der Waals surface area contributed by atoms with Gasteiger partial charge in [-0.15, -0.1) is 0 Å². The predicted molar refractivity (Wildman–Crippen MR) is 93.3 cm³/mol. The van der Waals surface area contributed by atoms with E-state index in [1.165, 1.54) is 24.4 Å². The number of aromatic nitrogens is 1. The van der Waals surface area contributed by atoms with Gasteiger partial charge < -0.3 is 10.6 Å². The fourth-order valence-corrected chi connectivity index (χ4v) is 2.30. The quantitative estimate of drug-likeness (QED) is 0.586. The Hall–Kier alpha value is -3.49. The molecule has 0 unspecified atom stereocenters. The smallest absolute Gasteiger partial charge is 0.335 e. The van der Waals surface area contributed by atoms with Gasteiger partial charge in [-0.25, -0.2) is 13.8 Å². The zero-order valence-electron chi connectivity index (χ0n) is 14.0. The van der Waals surface area contributed by atoms with Crippen molar-refractivity contribution in [1.82, 2.24) is 4.98 Å². The summed E-state index contributed by atoms with van der Waals surface area (Å²) in [5.74, 6) is -2.07. The Bertz CT molecular complexity index is 966. The van der Waals surface area contributed by atoms with Crippen LogP contribution in [0.2, 0.25) is 0 Å². The van der Waals surface area contributed by atoms with Crippen molar-refractivity contribution in [3.05, 3.63) is 83.6 Å². The van der Waals surface area contributed by atoms with Gasteiger partial charge in [-0.05, 0) is 48.5 Å². The molecular weight excluding hydrogens is 381 g/mol. The van der Waals surface area contributed by atoms with Crippen molar-refractivity contribution in [2.75, 3.05) is 10.6 Å². The van der Waals surface area contributed by atoms with Gasteiger partial charge in [0.1, 0.15) is 23.1 Å². The number of carbonyl (C=O) groups is 1. The molecule has 2 aromatic carbocycles. The van der Waals surface area contributed by atoms with E-state index < -0.39 is 29.3 Å². The maximum atomic E-state index is 13.6. The van der Waals surface area contributed by atoms with E-state index >= 15 is 0 Å². The van der Waals surface area contributed by atoms with Crippen LogP contribution < -0.4 is 10.6 Å². The first-order valence-electron chi connectivity index (χ1n) is 7.90. The summed E-state index contributed by atoms with van der Waals surface area (Å²) in [5, 5.41) is 4.96. The van der Waals surface area contributed by atoms with Gasteiger partial charge in [0.25, 0.3) is 5.91 Å². The first kappa shape index (κ1) is 19.3. The molecule has 0 spiro atoms. The van der Waals surface area contributed by atoms with Gasteiger partial charge in [0.2, 0.25) is 0 Å². The van der Waals surface area contributed by atoms with Crippen LogP contribution in [0.3, 0.4) is 0 Å². The molecule has 3 aromatic rings. The minimum Gasteiger partial charge on any atom is -0.335 e. The number of pyridine rings is 1. The van der Waals surface area contributed by atoms with Gasteiger partial charge >= 0.3 is 6.18 Å². The average molecular weight is 393 g/mol. The van der Waals surface area contributed by atoms with Crippen LogP contribution in [-0.4, -0.2) is 10.9 Å². The van der Waals surface area contributed by atoms with Crippen LogP contribution in [0.25, 0.3) is 0 Å². The van der Waals surface area contributed by atoms with Gasteiger partial charge in [-0.3, -0.25) is 4.79 Å². The third-order valence-corrected chi connectivity index (χ3v) is 3.71. The van der Waals surface area contributed by atoms with E-state index in [4.69, 9.17) is 0 Å². The Balaban J connectivity index is 1.68. The lowest BCUT2D eigenvalue weighted by atomic mass is 10.1. The van der Waals surface area contributed by atoms with Crippen molar-refractivity contribution < 1.29 is 26.7 Å². The number of amides is 1. The Morgan fingerprint density at radius 1 is 0.893 bits per heavy atom. The Morgan fingerprint density at radius 2 is 1.54 bits per heavy atom. The Labute approximate surface area is 156 Å². The van der Waals surface area contributed by atoms with Crippen molar-refractivity contribution in [2.24, 2.45) is 0 Å². The van der Waals surface area contributed by atoms with Crippen molar-refractivity contribution >= 4 is 23.1 Å². The standard InChI is InChI=1S/C19H12F5N3O/c20-14-2-1-3-15(21)17(14)27-16-9-8-13(10-25-16)26-18(28)11-4-6-12(7-5-11)19(22,23)24/h1-10H,(H,25,27)(H,26,28). The van der Waals surface area contributed by atoms with Gasteiger partial charge in [-0.2, -0.15) is 13.2 Å². The van der Waals surface area contributed by atoms with Gasteiger partial charge in [0.05, 0.1) is 17.4 Å². The molecule has 0 saturated heterocycles. The largest absolute Gasteiger partial charge is 0.416 e. The lowest BCUT2D eigenvalue weighted by molar-refractivity contribution is -0.137. The number of carbonyl (C=O) groups excluding carboxylic acids is 1. The summed E-state index contributed by atoms with van der Waals surface area (Å²) in [5.41, 5.74) is -0.939. The van der Waals surface area contributed by atoms with Crippen LogP contribution in [0, 0.1) is 11.6 Å². The average Bonchev–Trinajstić information content (AvgIpc) is 2.65. The minimum atomic E-state index is -4.49. The summed E-state index contributed by atoms with van der Waals surface area (Å²) >= 11 is 0. The van der Waals surface area contributed by atoms with E-state index in [-0.39, 0.29) is 22.8 Å². The molecule has 0 saturated carbocycles. The maximum Gasteiger partial charge on any atom is 0.416 e. The highest BCUT2D eigenvalue weighted by atomic mass is 19.4. The number of benzene rings is 2.